The number of hydrogen-bond donors (Lipinski definition) is 1. The summed E-state index contributed by atoms with van der Waals surface area (Å²) in [6.45, 7) is 0. The molecule has 2 aromatic carbocycles. The van der Waals surface area contributed by atoms with Crippen LogP contribution in [0, 0.1) is 5.82 Å². The number of rotatable bonds is 3. The number of thiocarbonyl (C=S) groups is 1. The maximum atomic E-state index is 13.1. The summed E-state index contributed by atoms with van der Waals surface area (Å²) in [6.07, 6.45) is 0. The van der Waals surface area contributed by atoms with Gasteiger partial charge in [-0.25, -0.2) is 4.39 Å². The number of halogens is 2. The molecular weight excluding hydrogens is 317 g/mol. The summed E-state index contributed by atoms with van der Waals surface area (Å²) >= 11 is 8.33. The van der Waals surface area contributed by atoms with Crippen LogP contribution < -0.4 is 10.5 Å². The number of benzene rings is 2. The van der Waals surface area contributed by atoms with Gasteiger partial charge in [0, 0.05) is 10.5 Å². The van der Waals surface area contributed by atoms with Gasteiger partial charge in [-0.15, -0.1) is 0 Å². The summed E-state index contributed by atoms with van der Waals surface area (Å²) in [5.74, 6) is 0.521. The van der Waals surface area contributed by atoms with E-state index in [1.807, 2.05) is 6.07 Å². The molecule has 5 heteroatoms. The monoisotopic (exact) mass is 325 g/mol. The Morgan fingerprint density at radius 1 is 1.22 bits per heavy atom. The molecule has 2 nitrogen and oxygen atoms in total. The van der Waals surface area contributed by atoms with E-state index in [1.54, 1.807) is 24.3 Å². The fourth-order valence-corrected chi connectivity index (χ4v) is 2.39. The lowest BCUT2D eigenvalue weighted by Crippen LogP contribution is -2.11. The van der Waals surface area contributed by atoms with Crippen molar-refractivity contribution in [2.45, 2.75) is 0 Å². The van der Waals surface area contributed by atoms with Crippen LogP contribution in [0.3, 0.4) is 0 Å². The van der Waals surface area contributed by atoms with Gasteiger partial charge in [-0.1, -0.05) is 24.4 Å². The molecule has 0 saturated carbocycles. The van der Waals surface area contributed by atoms with Gasteiger partial charge in [0.05, 0.1) is 5.56 Å². The molecule has 0 fully saturated rings. The Kier molecular flexibility index (Phi) is 3.93. The largest absolute Gasteiger partial charge is 0.456 e. The van der Waals surface area contributed by atoms with Gasteiger partial charge in [0.2, 0.25) is 0 Å². The van der Waals surface area contributed by atoms with Crippen molar-refractivity contribution in [1.82, 2.24) is 0 Å². The molecule has 0 atom stereocenters. The fourth-order valence-electron chi connectivity index (χ4n) is 1.49. The topological polar surface area (TPSA) is 35.2 Å². The average molecular weight is 326 g/mol. The van der Waals surface area contributed by atoms with Crippen LogP contribution >= 0.6 is 28.1 Å². The molecule has 0 saturated heterocycles. The third kappa shape index (κ3) is 2.86. The predicted octanol–water partition coefficient (Wildman–Crippen LogP) is 4.01. The van der Waals surface area contributed by atoms with Crippen LogP contribution in [0.2, 0.25) is 0 Å². The SMILES string of the molecule is NC(=S)c1c(Br)cccc1Oc1cccc(F)c1. The first-order valence-electron chi connectivity index (χ1n) is 5.09. The molecule has 0 aromatic heterocycles. The normalized spacial score (nSPS) is 10.1. The molecule has 2 N–H and O–H groups in total. The fraction of sp³-hybridized carbons (Fsp3) is 0. The molecule has 0 heterocycles. The second-order valence-corrected chi connectivity index (χ2v) is 4.83. The van der Waals surface area contributed by atoms with Gasteiger partial charge in [-0.2, -0.15) is 0 Å². The van der Waals surface area contributed by atoms with E-state index in [0.717, 1.165) is 4.47 Å². The van der Waals surface area contributed by atoms with E-state index in [0.29, 0.717) is 17.1 Å². The summed E-state index contributed by atoms with van der Waals surface area (Å²) in [5.41, 5.74) is 6.24. The highest BCUT2D eigenvalue weighted by Gasteiger charge is 2.11. The van der Waals surface area contributed by atoms with E-state index >= 15 is 0 Å². The number of nitrogens with two attached hydrogens (primary N) is 1. The van der Waals surface area contributed by atoms with Gasteiger partial charge in [0.1, 0.15) is 22.3 Å². The Labute approximate surface area is 118 Å². The maximum absolute atomic E-state index is 13.1. The van der Waals surface area contributed by atoms with Crippen LogP contribution in [0.1, 0.15) is 5.56 Å². The molecule has 92 valence electrons. The summed E-state index contributed by atoms with van der Waals surface area (Å²) in [6, 6.07) is 11.2. The Morgan fingerprint density at radius 3 is 2.61 bits per heavy atom. The smallest absolute Gasteiger partial charge is 0.138 e. The molecule has 0 unspecified atom stereocenters. The Bertz CT molecular complexity index is 603. The third-order valence-electron chi connectivity index (χ3n) is 2.25. The zero-order valence-corrected chi connectivity index (χ0v) is 11.6. The molecule has 0 aliphatic heterocycles. The molecule has 0 spiro atoms. The highest BCUT2D eigenvalue weighted by Crippen LogP contribution is 2.30. The lowest BCUT2D eigenvalue weighted by Gasteiger charge is -2.11. The minimum atomic E-state index is -0.362. The van der Waals surface area contributed by atoms with Crippen molar-refractivity contribution in [3.8, 4) is 11.5 Å². The van der Waals surface area contributed by atoms with Crippen LogP contribution in [0.4, 0.5) is 4.39 Å². The van der Waals surface area contributed by atoms with Crippen LogP contribution in [-0.4, -0.2) is 4.99 Å². The second kappa shape index (κ2) is 5.46. The van der Waals surface area contributed by atoms with Crippen molar-refractivity contribution >= 4 is 33.1 Å². The first-order valence-corrected chi connectivity index (χ1v) is 6.30. The second-order valence-electron chi connectivity index (χ2n) is 3.54. The van der Waals surface area contributed by atoms with E-state index in [9.17, 15) is 4.39 Å². The first-order chi connectivity index (χ1) is 8.58. The first kappa shape index (κ1) is 13.0. The molecule has 0 bridgehead atoms. The summed E-state index contributed by atoms with van der Waals surface area (Å²) in [7, 11) is 0. The average Bonchev–Trinajstić information content (AvgIpc) is 2.28. The molecule has 2 aromatic rings. The van der Waals surface area contributed by atoms with E-state index in [2.05, 4.69) is 15.9 Å². The number of hydrogen-bond acceptors (Lipinski definition) is 2. The van der Waals surface area contributed by atoms with Crippen molar-refractivity contribution in [2.24, 2.45) is 5.73 Å². The predicted molar refractivity (Wildman–Crippen MR) is 76.5 cm³/mol. The summed E-state index contributed by atoms with van der Waals surface area (Å²) < 4.78 is 19.4. The molecule has 0 amide bonds. The lowest BCUT2D eigenvalue weighted by atomic mass is 10.2. The molecule has 0 aliphatic carbocycles. The minimum Gasteiger partial charge on any atom is -0.456 e. The maximum Gasteiger partial charge on any atom is 0.138 e. The lowest BCUT2D eigenvalue weighted by molar-refractivity contribution is 0.475. The summed E-state index contributed by atoms with van der Waals surface area (Å²) in [4.78, 5) is 0.217. The van der Waals surface area contributed by atoms with Gasteiger partial charge in [-0.3, -0.25) is 0 Å². The van der Waals surface area contributed by atoms with Gasteiger partial charge in [0.15, 0.2) is 0 Å². The minimum absolute atomic E-state index is 0.217. The number of ether oxygens (including phenoxy) is 1. The van der Waals surface area contributed by atoms with Crippen LogP contribution in [0.25, 0.3) is 0 Å². The zero-order chi connectivity index (χ0) is 13.1. The zero-order valence-electron chi connectivity index (χ0n) is 9.19. The van der Waals surface area contributed by atoms with Gasteiger partial charge < -0.3 is 10.5 Å². The van der Waals surface area contributed by atoms with Crippen LogP contribution in [-0.2, 0) is 0 Å². The van der Waals surface area contributed by atoms with Crippen LogP contribution in [0.15, 0.2) is 46.9 Å². The molecule has 18 heavy (non-hydrogen) atoms. The Balaban J connectivity index is 2.40. The summed E-state index contributed by atoms with van der Waals surface area (Å²) in [5, 5.41) is 0. The van der Waals surface area contributed by atoms with E-state index < -0.39 is 0 Å². The van der Waals surface area contributed by atoms with Crippen molar-refractivity contribution in [3.63, 3.8) is 0 Å². The van der Waals surface area contributed by atoms with Crippen molar-refractivity contribution < 1.29 is 9.13 Å². The van der Waals surface area contributed by atoms with Gasteiger partial charge in [0.25, 0.3) is 0 Å². The van der Waals surface area contributed by atoms with Gasteiger partial charge >= 0.3 is 0 Å². The highest BCUT2D eigenvalue weighted by molar-refractivity contribution is 9.10. The molecule has 2 rings (SSSR count). The molecule has 0 radical (unpaired) electrons. The highest BCUT2D eigenvalue weighted by atomic mass is 79.9. The quantitative estimate of drug-likeness (QED) is 0.866. The Morgan fingerprint density at radius 2 is 1.94 bits per heavy atom. The van der Waals surface area contributed by atoms with Crippen molar-refractivity contribution in [2.75, 3.05) is 0 Å². The van der Waals surface area contributed by atoms with E-state index in [4.69, 9.17) is 22.7 Å². The van der Waals surface area contributed by atoms with Crippen LogP contribution in [0.5, 0.6) is 11.5 Å². The molecule has 0 aliphatic rings. The van der Waals surface area contributed by atoms with E-state index in [-0.39, 0.29) is 10.8 Å². The van der Waals surface area contributed by atoms with Gasteiger partial charge in [-0.05, 0) is 40.2 Å². The van der Waals surface area contributed by atoms with Crippen molar-refractivity contribution in [1.29, 1.82) is 0 Å². The van der Waals surface area contributed by atoms with Crippen molar-refractivity contribution in [3.05, 3.63) is 58.3 Å². The van der Waals surface area contributed by atoms with E-state index in [1.165, 1.54) is 12.1 Å². The molecular formula is C13H9BrFNOS. The third-order valence-corrected chi connectivity index (χ3v) is 3.11. The standard InChI is InChI=1S/C13H9BrFNOS/c14-10-5-2-6-11(12(10)13(16)18)17-9-4-1-3-8(15)7-9/h1-7H,(H2,16,18). The Hall–Kier alpha value is -1.46.